The molecule has 2 rings (SSSR count). The third kappa shape index (κ3) is 4.26. The summed E-state index contributed by atoms with van der Waals surface area (Å²) in [6.07, 6.45) is 11.7. The van der Waals surface area contributed by atoms with Crippen molar-refractivity contribution in [3.63, 3.8) is 0 Å². The third-order valence-corrected chi connectivity index (χ3v) is 4.56. The van der Waals surface area contributed by atoms with Crippen LogP contribution in [0, 0.1) is 11.8 Å². The van der Waals surface area contributed by atoms with Gasteiger partial charge in [-0.05, 0) is 44.1 Å². The molecule has 2 atom stereocenters. The zero-order chi connectivity index (χ0) is 11.9. The first-order chi connectivity index (χ1) is 8.40. The minimum Gasteiger partial charge on any atom is -0.378 e. The highest BCUT2D eigenvalue weighted by molar-refractivity contribution is 4.77. The Bertz CT molecular complexity index is 199. The first-order valence-corrected chi connectivity index (χ1v) is 7.72. The summed E-state index contributed by atoms with van der Waals surface area (Å²) in [6, 6.07) is 0. The van der Waals surface area contributed by atoms with Gasteiger partial charge in [0.1, 0.15) is 0 Å². The van der Waals surface area contributed by atoms with Gasteiger partial charge in [-0.3, -0.25) is 0 Å². The first-order valence-electron chi connectivity index (χ1n) is 7.72. The fraction of sp³-hybridized carbons (Fsp3) is 1.00. The van der Waals surface area contributed by atoms with Crippen molar-refractivity contribution < 1.29 is 4.74 Å². The fourth-order valence-corrected chi connectivity index (χ4v) is 3.42. The monoisotopic (exact) mass is 239 g/mol. The van der Waals surface area contributed by atoms with Crippen molar-refractivity contribution >= 4 is 0 Å². The average molecular weight is 239 g/mol. The van der Waals surface area contributed by atoms with Gasteiger partial charge < -0.3 is 10.1 Å². The Morgan fingerprint density at radius 1 is 1.00 bits per heavy atom. The van der Waals surface area contributed by atoms with E-state index in [9.17, 15) is 0 Å². The van der Waals surface area contributed by atoms with E-state index in [2.05, 4.69) is 12.2 Å². The van der Waals surface area contributed by atoms with Crippen molar-refractivity contribution in [3.05, 3.63) is 0 Å². The van der Waals surface area contributed by atoms with Gasteiger partial charge in [0.05, 0.1) is 6.10 Å². The fourth-order valence-electron chi connectivity index (χ4n) is 3.42. The van der Waals surface area contributed by atoms with E-state index in [0.717, 1.165) is 18.4 Å². The lowest BCUT2D eigenvalue weighted by atomic mass is 9.97. The Balaban J connectivity index is 1.61. The van der Waals surface area contributed by atoms with Crippen LogP contribution in [0.4, 0.5) is 0 Å². The van der Waals surface area contributed by atoms with E-state index >= 15 is 0 Å². The van der Waals surface area contributed by atoms with E-state index in [1.807, 2.05) is 0 Å². The number of hydrogen-bond donors (Lipinski definition) is 1. The molecule has 0 aromatic carbocycles. The molecule has 1 saturated carbocycles. The molecule has 1 heterocycles. The number of rotatable bonds is 5. The molecule has 17 heavy (non-hydrogen) atoms. The highest BCUT2D eigenvalue weighted by atomic mass is 16.5. The molecule has 0 bridgehead atoms. The average Bonchev–Trinajstić information content (AvgIpc) is 2.64. The normalized spacial score (nSPS) is 31.6. The maximum atomic E-state index is 5.74. The third-order valence-electron chi connectivity index (χ3n) is 4.56. The van der Waals surface area contributed by atoms with Crippen LogP contribution in [0.2, 0.25) is 0 Å². The summed E-state index contributed by atoms with van der Waals surface area (Å²) in [6.45, 7) is 5.64. The Kier molecular flexibility index (Phi) is 5.79. The van der Waals surface area contributed by atoms with E-state index in [0.29, 0.717) is 6.10 Å². The van der Waals surface area contributed by atoms with Crippen molar-refractivity contribution in [2.75, 3.05) is 19.7 Å². The first kappa shape index (κ1) is 13.4. The van der Waals surface area contributed by atoms with Crippen LogP contribution in [0.1, 0.15) is 58.3 Å². The molecule has 1 aliphatic carbocycles. The predicted octanol–water partition coefficient (Wildman–Crippen LogP) is 3.36. The van der Waals surface area contributed by atoms with E-state index in [1.165, 1.54) is 64.5 Å². The summed E-state index contributed by atoms with van der Waals surface area (Å²) in [7, 11) is 0. The summed E-state index contributed by atoms with van der Waals surface area (Å²) in [5.41, 5.74) is 0. The molecule has 0 aromatic heterocycles. The predicted molar refractivity (Wildman–Crippen MR) is 72.2 cm³/mol. The van der Waals surface area contributed by atoms with Gasteiger partial charge >= 0.3 is 0 Å². The van der Waals surface area contributed by atoms with Crippen molar-refractivity contribution in [2.45, 2.75) is 64.4 Å². The summed E-state index contributed by atoms with van der Waals surface area (Å²) in [5.74, 6) is 1.71. The number of nitrogens with one attached hydrogen (secondary N) is 1. The van der Waals surface area contributed by atoms with E-state index in [1.54, 1.807) is 0 Å². The second-order valence-corrected chi connectivity index (χ2v) is 5.88. The number of ether oxygens (including phenoxy) is 1. The molecule has 0 radical (unpaired) electrons. The molecule has 0 aromatic rings. The second-order valence-electron chi connectivity index (χ2n) is 5.88. The summed E-state index contributed by atoms with van der Waals surface area (Å²) in [4.78, 5) is 0. The van der Waals surface area contributed by atoms with E-state index in [4.69, 9.17) is 4.74 Å². The Labute approximate surface area is 107 Å². The molecule has 100 valence electrons. The highest BCUT2D eigenvalue weighted by Gasteiger charge is 2.26. The van der Waals surface area contributed by atoms with Crippen molar-refractivity contribution in [1.29, 1.82) is 0 Å². The van der Waals surface area contributed by atoms with E-state index in [-0.39, 0.29) is 0 Å². The van der Waals surface area contributed by atoms with Crippen LogP contribution in [0.15, 0.2) is 0 Å². The number of hydrogen-bond acceptors (Lipinski definition) is 2. The topological polar surface area (TPSA) is 21.3 Å². The molecule has 2 aliphatic rings. The molecule has 2 fully saturated rings. The second kappa shape index (κ2) is 7.38. The lowest BCUT2D eigenvalue weighted by Crippen LogP contribution is -2.31. The maximum Gasteiger partial charge on any atom is 0.0613 e. The highest BCUT2D eigenvalue weighted by Crippen LogP contribution is 2.24. The molecule has 0 amide bonds. The summed E-state index contributed by atoms with van der Waals surface area (Å²) < 4.78 is 5.74. The SMILES string of the molecule is CCC1OCCC1CNCC1CCCCCC1. The van der Waals surface area contributed by atoms with Gasteiger partial charge in [0.2, 0.25) is 0 Å². The summed E-state index contributed by atoms with van der Waals surface area (Å²) >= 11 is 0. The molecule has 1 N–H and O–H groups in total. The quantitative estimate of drug-likeness (QED) is 0.743. The van der Waals surface area contributed by atoms with E-state index < -0.39 is 0 Å². The van der Waals surface area contributed by atoms with Gasteiger partial charge in [-0.15, -0.1) is 0 Å². The van der Waals surface area contributed by atoms with Crippen LogP contribution in [-0.4, -0.2) is 25.8 Å². The van der Waals surface area contributed by atoms with Gasteiger partial charge in [-0.25, -0.2) is 0 Å². The molecule has 1 saturated heterocycles. The molecular formula is C15H29NO. The van der Waals surface area contributed by atoms with Gasteiger partial charge in [0.15, 0.2) is 0 Å². The minimum absolute atomic E-state index is 0.525. The van der Waals surface area contributed by atoms with Gasteiger partial charge in [0.25, 0.3) is 0 Å². The van der Waals surface area contributed by atoms with Gasteiger partial charge in [-0.1, -0.05) is 32.6 Å². The van der Waals surface area contributed by atoms with Crippen LogP contribution < -0.4 is 5.32 Å². The summed E-state index contributed by atoms with van der Waals surface area (Å²) in [5, 5.41) is 3.71. The molecular weight excluding hydrogens is 210 g/mol. The standard InChI is InChI=1S/C15H29NO/c1-2-15-14(9-10-17-15)12-16-11-13-7-5-3-4-6-8-13/h13-16H,2-12H2,1H3. The smallest absolute Gasteiger partial charge is 0.0613 e. The van der Waals surface area contributed by atoms with Gasteiger partial charge in [0, 0.05) is 13.2 Å². The van der Waals surface area contributed by atoms with Crippen molar-refractivity contribution in [1.82, 2.24) is 5.32 Å². The minimum atomic E-state index is 0.525. The molecule has 2 unspecified atom stereocenters. The molecule has 1 aliphatic heterocycles. The van der Waals surface area contributed by atoms with Crippen LogP contribution in [0.25, 0.3) is 0 Å². The zero-order valence-corrected chi connectivity index (χ0v) is 11.4. The van der Waals surface area contributed by atoms with Crippen LogP contribution in [0.5, 0.6) is 0 Å². The molecule has 2 heteroatoms. The lowest BCUT2D eigenvalue weighted by Gasteiger charge is -2.20. The van der Waals surface area contributed by atoms with Crippen LogP contribution in [0.3, 0.4) is 0 Å². The zero-order valence-electron chi connectivity index (χ0n) is 11.4. The Morgan fingerprint density at radius 2 is 1.76 bits per heavy atom. The van der Waals surface area contributed by atoms with Crippen molar-refractivity contribution in [3.8, 4) is 0 Å². The maximum absolute atomic E-state index is 5.74. The van der Waals surface area contributed by atoms with Crippen LogP contribution in [-0.2, 0) is 4.74 Å². The largest absolute Gasteiger partial charge is 0.378 e. The lowest BCUT2D eigenvalue weighted by molar-refractivity contribution is 0.0870. The van der Waals surface area contributed by atoms with Crippen LogP contribution >= 0.6 is 0 Å². The van der Waals surface area contributed by atoms with Crippen molar-refractivity contribution in [2.24, 2.45) is 11.8 Å². The van der Waals surface area contributed by atoms with Gasteiger partial charge in [-0.2, -0.15) is 0 Å². The molecule has 0 spiro atoms. The Morgan fingerprint density at radius 3 is 2.47 bits per heavy atom. The molecule has 2 nitrogen and oxygen atoms in total. The Hall–Kier alpha value is -0.0800.